The maximum atomic E-state index is 5.91. The first-order valence-electron chi connectivity index (χ1n) is 6.94. The van der Waals surface area contributed by atoms with Gasteiger partial charge in [-0.05, 0) is 24.3 Å². The van der Waals surface area contributed by atoms with Gasteiger partial charge in [0, 0.05) is 23.2 Å². The van der Waals surface area contributed by atoms with Gasteiger partial charge in [0.25, 0.3) is 0 Å². The summed E-state index contributed by atoms with van der Waals surface area (Å²) in [7, 11) is 0. The Bertz CT molecular complexity index is 737. The Hall–Kier alpha value is -2.40. The van der Waals surface area contributed by atoms with Gasteiger partial charge >= 0.3 is 0 Å². The van der Waals surface area contributed by atoms with Crippen molar-refractivity contribution in [2.75, 3.05) is 26.4 Å². The van der Waals surface area contributed by atoms with Crippen LogP contribution in [0.15, 0.2) is 36.7 Å². The van der Waals surface area contributed by atoms with E-state index in [0.29, 0.717) is 26.4 Å². The molecule has 1 aliphatic heterocycles. The number of hydrogen-bond donors (Lipinski definition) is 0. The molecule has 0 saturated carbocycles. The molecule has 21 heavy (non-hydrogen) atoms. The predicted molar refractivity (Wildman–Crippen MR) is 78.9 cm³/mol. The lowest BCUT2D eigenvalue weighted by molar-refractivity contribution is 0.0880. The molecule has 106 valence electrons. The van der Waals surface area contributed by atoms with E-state index in [0.717, 1.165) is 33.3 Å². The van der Waals surface area contributed by atoms with Crippen molar-refractivity contribution in [3.05, 3.63) is 36.7 Å². The van der Waals surface area contributed by atoms with Gasteiger partial charge in [0.05, 0.1) is 13.2 Å². The first kappa shape index (κ1) is 12.3. The first-order chi connectivity index (χ1) is 10.4. The van der Waals surface area contributed by atoms with Crippen LogP contribution in [0.2, 0.25) is 0 Å². The molecule has 1 aliphatic rings. The van der Waals surface area contributed by atoms with Gasteiger partial charge in [-0.3, -0.25) is 9.97 Å². The summed E-state index contributed by atoms with van der Waals surface area (Å²) in [6.07, 6.45) is 3.53. The second-order valence-corrected chi connectivity index (χ2v) is 4.77. The zero-order valence-corrected chi connectivity index (χ0v) is 11.4. The molecule has 0 bridgehead atoms. The summed E-state index contributed by atoms with van der Waals surface area (Å²) in [6, 6.07) is 7.75. The van der Waals surface area contributed by atoms with Crippen LogP contribution in [-0.2, 0) is 4.74 Å². The van der Waals surface area contributed by atoms with E-state index in [9.17, 15) is 0 Å². The Balaban J connectivity index is 2.09. The first-order valence-corrected chi connectivity index (χ1v) is 6.94. The van der Waals surface area contributed by atoms with Crippen molar-refractivity contribution in [1.82, 2.24) is 9.97 Å². The SMILES string of the molecule is c1cnc2c(c1)c1c(c3cccnc32)OCCOCCO1. The van der Waals surface area contributed by atoms with Crippen LogP contribution in [0.1, 0.15) is 0 Å². The highest BCUT2D eigenvalue weighted by atomic mass is 16.6. The average molecular weight is 282 g/mol. The van der Waals surface area contributed by atoms with E-state index in [-0.39, 0.29) is 0 Å². The van der Waals surface area contributed by atoms with Gasteiger partial charge in [-0.25, -0.2) is 0 Å². The molecule has 0 amide bonds. The van der Waals surface area contributed by atoms with Crippen LogP contribution in [0, 0.1) is 0 Å². The Kier molecular flexibility index (Phi) is 3.05. The molecule has 0 aliphatic carbocycles. The van der Waals surface area contributed by atoms with Crippen LogP contribution in [-0.4, -0.2) is 36.4 Å². The molecule has 3 aromatic rings. The molecule has 4 rings (SSSR count). The zero-order chi connectivity index (χ0) is 14.1. The summed E-state index contributed by atoms with van der Waals surface area (Å²) < 4.78 is 17.3. The summed E-state index contributed by atoms with van der Waals surface area (Å²) in [5.74, 6) is 1.45. The zero-order valence-electron chi connectivity index (χ0n) is 11.4. The normalized spacial score (nSPS) is 15.4. The van der Waals surface area contributed by atoms with E-state index in [2.05, 4.69) is 9.97 Å². The second-order valence-electron chi connectivity index (χ2n) is 4.77. The molecule has 0 radical (unpaired) electrons. The Morgan fingerprint density at radius 2 is 1.24 bits per heavy atom. The third-order valence-electron chi connectivity index (χ3n) is 3.48. The molecule has 5 nitrogen and oxygen atoms in total. The number of aromatic nitrogens is 2. The topological polar surface area (TPSA) is 53.5 Å². The fourth-order valence-electron chi connectivity index (χ4n) is 2.59. The number of fused-ring (bicyclic) bond motifs is 6. The van der Waals surface area contributed by atoms with Crippen LogP contribution < -0.4 is 9.47 Å². The van der Waals surface area contributed by atoms with E-state index in [1.807, 2.05) is 24.3 Å². The van der Waals surface area contributed by atoms with E-state index in [1.165, 1.54) is 0 Å². The highest BCUT2D eigenvalue weighted by Crippen LogP contribution is 2.42. The van der Waals surface area contributed by atoms with Crippen LogP contribution >= 0.6 is 0 Å². The van der Waals surface area contributed by atoms with E-state index in [4.69, 9.17) is 14.2 Å². The molecular formula is C16H14N2O3. The standard InChI is InChI=1S/C16H14N2O3/c1-3-11-13(17-5-1)14-12(4-2-6-18-14)16-15(11)20-9-7-19-8-10-21-16/h1-6H,7-10H2. The predicted octanol–water partition coefficient (Wildman–Crippen LogP) is 2.57. The lowest BCUT2D eigenvalue weighted by Gasteiger charge is -2.15. The van der Waals surface area contributed by atoms with Crippen molar-refractivity contribution in [2.45, 2.75) is 0 Å². The Labute approximate surface area is 121 Å². The highest BCUT2D eigenvalue weighted by molar-refractivity contribution is 6.09. The number of benzene rings is 1. The van der Waals surface area contributed by atoms with Crippen molar-refractivity contribution in [1.29, 1.82) is 0 Å². The van der Waals surface area contributed by atoms with Crippen LogP contribution in [0.4, 0.5) is 0 Å². The summed E-state index contributed by atoms with van der Waals surface area (Å²) >= 11 is 0. The molecule has 3 heterocycles. The molecule has 0 spiro atoms. The minimum atomic E-state index is 0.492. The minimum absolute atomic E-state index is 0.492. The molecule has 1 aromatic carbocycles. The van der Waals surface area contributed by atoms with Gasteiger partial charge in [0.1, 0.15) is 24.2 Å². The maximum Gasteiger partial charge on any atom is 0.171 e. The smallest absolute Gasteiger partial charge is 0.171 e. The molecule has 0 saturated heterocycles. The van der Waals surface area contributed by atoms with Gasteiger partial charge in [-0.1, -0.05) is 0 Å². The number of rotatable bonds is 0. The van der Waals surface area contributed by atoms with Gasteiger partial charge < -0.3 is 14.2 Å². The van der Waals surface area contributed by atoms with Crippen molar-refractivity contribution in [2.24, 2.45) is 0 Å². The molecule has 0 atom stereocenters. The monoisotopic (exact) mass is 282 g/mol. The Morgan fingerprint density at radius 1 is 0.714 bits per heavy atom. The van der Waals surface area contributed by atoms with E-state index < -0.39 is 0 Å². The molecule has 5 heteroatoms. The quantitative estimate of drug-likeness (QED) is 0.593. The van der Waals surface area contributed by atoms with E-state index in [1.54, 1.807) is 12.4 Å². The van der Waals surface area contributed by atoms with Gasteiger partial charge in [-0.2, -0.15) is 0 Å². The van der Waals surface area contributed by atoms with Crippen LogP contribution in [0.5, 0.6) is 11.5 Å². The number of ether oxygens (including phenoxy) is 3. The van der Waals surface area contributed by atoms with E-state index >= 15 is 0 Å². The summed E-state index contributed by atoms with van der Waals surface area (Å²) in [6.45, 7) is 2.09. The fraction of sp³-hybridized carbons (Fsp3) is 0.250. The summed E-state index contributed by atoms with van der Waals surface area (Å²) in [5, 5.41) is 1.83. The van der Waals surface area contributed by atoms with Crippen molar-refractivity contribution < 1.29 is 14.2 Å². The third kappa shape index (κ3) is 2.06. The minimum Gasteiger partial charge on any atom is -0.487 e. The van der Waals surface area contributed by atoms with Gasteiger partial charge in [0.2, 0.25) is 0 Å². The average Bonchev–Trinajstić information content (AvgIpc) is 2.67. The van der Waals surface area contributed by atoms with Crippen LogP contribution in [0.25, 0.3) is 21.8 Å². The Morgan fingerprint density at radius 3 is 1.76 bits per heavy atom. The molecule has 2 aromatic heterocycles. The fourth-order valence-corrected chi connectivity index (χ4v) is 2.59. The lowest BCUT2D eigenvalue weighted by atomic mass is 10.1. The number of nitrogens with zero attached hydrogens (tertiary/aromatic N) is 2. The van der Waals surface area contributed by atoms with Gasteiger partial charge in [-0.15, -0.1) is 0 Å². The molecule has 0 fully saturated rings. The number of hydrogen-bond acceptors (Lipinski definition) is 5. The van der Waals surface area contributed by atoms with Gasteiger partial charge in [0.15, 0.2) is 11.5 Å². The summed E-state index contributed by atoms with van der Waals surface area (Å²) in [4.78, 5) is 8.93. The molecule has 0 N–H and O–H groups in total. The van der Waals surface area contributed by atoms with Crippen molar-refractivity contribution in [3.8, 4) is 11.5 Å². The third-order valence-corrected chi connectivity index (χ3v) is 3.48. The molecular weight excluding hydrogens is 268 g/mol. The molecule has 0 unspecified atom stereocenters. The summed E-state index contributed by atoms with van der Waals surface area (Å²) in [5.41, 5.74) is 1.66. The maximum absolute atomic E-state index is 5.91. The van der Waals surface area contributed by atoms with Crippen molar-refractivity contribution >= 4 is 21.8 Å². The lowest BCUT2D eigenvalue weighted by Crippen LogP contribution is -2.08. The highest BCUT2D eigenvalue weighted by Gasteiger charge is 2.19. The largest absolute Gasteiger partial charge is 0.487 e. The van der Waals surface area contributed by atoms with Crippen molar-refractivity contribution in [3.63, 3.8) is 0 Å². The second kappa shape index (κ2) is 5.18. The number of pyridine rings is 2. The van der Waals surface area contributed by atoms with Crippen LogP contribution in [0.3, 0.4) is 0 Å².